The number of ether oxygens (including phenoxy) is 2. The number of rotatable bonds is 5. The number of aryl methyl sites for hydroxylation is 2. The van der Waals surface area contributed by atoms with E-state index in [-0.39, 0.29) is 22.7 Å². The first-order valence-electron chi connectivity index (χ1n) is 13.1. The Labute approximate surface area is 233 Å². The molecule has 2 heterocycles. The molecule has 1 aromatic heterocycles. The molecule has 40 heavy (non-hydrogen) atoms. The number of carbonyl (C=O) groups is 2. The van der Waals surface area contributed by atoms with Crippen molar-refractivity contribution in [1.29, 1.82) is 0 Å². The molecule has 1 saturated heterocycles. The van der Waals surface area contributed by atoms with Crippen molar-refractivity contribution in [3.63, 3.8) is 0 Å². The molecule has 2 N–H and O–H groups in total. The van der Waals surface area contributed by atoms with Gasteiger partial charge in [0.05, 0.1) is 36.9 Å². The van der Waals surface area contributed by atoms with E-state index in [4.69, 9.17) is 9.47 Å². The first kappa shape index (κ1) is 27.0. The fourth-order valence-electron chi connectivity index (χ4n) is 5.10. The fraction of sp³-hybridized carbons (Fsp3) is 0.281. The molecule has 1 atom stereocenters. The Hall–Kier alpha value is -4.59. The Morgan fingerprint density at radius 1 is 0.950 bits per heavy atom. The molecule has 0 aliphatic carbocycles. The van der Waals surface area contributed by atoms with Crippen LogP contribution in [-0.4, -0.2) is 41.0 Å². The Morgan fingerprint density at radius 3 is 2.35 bits per heavy atom. The smallest absolute Gasteiger partial charge is 0.302 e. The number of fused-ring (bicyclic) bond motifs is 1. The van der Waals surface area contributed by atoms with E-state index in [1.165, 1.54) is 19.1 Å². The van der Waals surface area contributed by atoms with E-state index in [0.717, 1.165) is 22.2 Å². The van der Waals surface area contributed by atoms with Crippen molar-refractivity contribution in [2.75, 3.05) is 19.1 Å². The number of nitrogens with zero attached hydrogens (tertiary/aromatic N) is 2. The van der Waals surface area contributed by atoms with E-state index in [1.54, 1.807) is 18.2 Å². The number of carbonyl (C=O) groups excluding carboxylic acids is 2. The van der Waals surface area contributed by atoms with E-state index in [0.29, 0.717) is 28.1 Å². The number of aliphatic hydroxyl groups excluding tert-OH is 1. The van der Waals surface area contributed by atoms with Gasteiger partial charge in [-0.15, -0.1) is 0 Å². The van der Waals surface area contributed by atoms with Crippen LogP contribution in [0.3, 0.4) is 0 Å². The lowest BCUT2D eigenvalue weighted by molar-refractivity contribution is -0.132. The summed E-state index contributed by atoms with van der Waals surface area (Å²) in [6, 6.07) is 15.7. The quantitative estimate of drug-likeness (QED) is 0.180. The van der Waals surface area contributed by atoms with Gasteiger partial charge in [0.15, 0.2) is 11.5 Å². The molecule has 0 spiro atoms. The lowest BCUT2D eigenvalue weighted by Crippen LogP contribution is -2.30. The predicted octanol–water partition coefficient (Wildman–Crippen LogP) is 6.12. The monoisotopic (exact) mass is 539 g/mol. The topological polar surface area (TPSA) is 105 Å². The summed E-state index contributed by atoms with van der Waals surface area (Å²) in [4.78, 5) is 36.6. The summed E-state index contributed by atoms with van der Waals surface area (Å²) in [5, 5.41) is 11.8. The van der Waals surface area contributed by atoms with Crippen LogP contribution in [0, 0.1) is 13.8 Å². The molecular formula is C32H33N3O5. The molecule has 1 aliphatic heterocycles. The number of aromatic nitrogens is 2. The highest BCUT2D eigenvalue weighted by Gasteiger charge is 2.48. The molecule has 1 unspecified atom stereocenters. The third-order valence-electron chi connectivity index (χ3n) is 7.38. The number of nitrogens with one attached hydrogen (secondary N) is 1. The minimum absolute atomic E-state index is 0.0250. The van der Waals surface area contributed by atoms with Gasteiger partial charge in [0.25, 0.3) is 5.78 Å². The summed E-state index contributed by atoms with van der Waals surface area (Å²) in [6.45, 7) is 10.1. The molecule has 3 aromatic carbocycles. The third-order valence-corrected chi connectivity index (χ3v) is 7.38. The number of anilines is 1. The Kier molecular flexibility index (Phi) is 6.66. The lowest BCUT2D eigenvalue weighted by Gasteiger charge is -2.24. The average Bonchev–Trinajstić information content (AvgIpc) is 3.44. The number of benzene rings is 3. The minimum atomic E-state index is -0.973. The van der Waals surface area contributed by atoms with E-state index >= 15 is 0 Å². The number of H-pyrrole nitrogens is 1. The Morgan fingerprint density at radius 2 is 1.68 bits per heavy atom. The van der Waals surface area contributed by atoms with Gasteiger partial charge in [0, 0.05) is 5.56 Å². The molecule has 1 aliphatic rings. The van der Waals surface area contributed by atoms with Gasteiger partial charge in [-0.05, 0) is 71.8 Å². The van der Waals surface area contributed by atoms with E-state index in [1.807, 2.05) is 50.2 Å². The summed E-state index contributed by atoms with van der Waals surface area (Å²) in [6.07, 6.45) is 0. The Balaban J connectivity index is 1.78. The maximum absolute atomic E-state index is 13.7. The van der Waals surface area contributed by atoms with Crippen molar-refractivity contribution >= 4 is 34.4 Å². The van der Waals surface area contributed by atoms with Crippen LogP contribution in [-0.2, 0) is 15.0 Å². The van der Waals surface area contributed by atoms with Crippen molar-refractivity contribution in [3.8, 4) is 11.5 Å². The van der Waals surface area contributed by atoms with Crippen LogP contribution in [0.4, 0.5) is 5.95 Å². The highest BCUT2D eigenvalue weighted by molar-refractivity contribution is 6.51. The molecule has 1 fully saturated rings. The molecule has 8 heteroatoms. The first-order valence-corrected chi connectivity index (χ1v) is 13.1. The zero-order chi connectivity index (χ0) is 28.9. The predicted molar refractivity (Wildman–Crippen MR) is 155 cm³/mol. The number of ketones is 1. The van der Waals surface area contributed by atoms with Gasteiger partial charge < -0.3 is 19.6 Å². The van der Waals surface area contributed by atoms with Gasteiger partial charge in [-0.1, -0.05) is 45.0 Å². The first-order chi connectivity index (χ1) is 18.9. The number of imidazole rings is 1. The number of Topliss-reactive ketones (excluding diaryl/α,β-unsaturated/α-hetero) is 1. The van der Waals surface area contributed by atoms with Crippen molar-refractivity contribution in [1.82, 2.24) is 9.97 Å². The van der Waals surface area contributed by atoms with E-state index in [2.05, 4.69) is 30.7 Å². The molecule has 0 bridgehead atoms. The highest BCUT2D eigenvalue weighted by Crippen LogP contribution is 2.44. The summed E-state index contributed by atoms with van der Waals surface area (Å²) < 4.78 is 10.9. The van der Waals surface area contributed by atoms with Crippen LogP contribution in [0.25, 0.3) is 16.8 Å². The third kappa shape index (κ3) is 4.49. The highest BCUT2D eigenvalue weighted by atomic mass is 16.5. The largest absolute Gasteiger partial charge is 0.507 e. The zero-order valence-corrected chi connectivity index (χ0v) is 23.7. The van der Waals surface area contributed by atoms with Gasteiger partial charge in [-0.2, -0.15) is 0 Å². The van der Waals surface area contributed by atoms with Gasteiger partial charge in [0.2, 0.25) is 5.95 Å². The number of methoxy groups -OCH3 is 2. The van der Waals surface area contributed by atoms with Crippen LogP contribution in [0.1, 0.15) is 54.6 Å². The minimum Gasteiger partial charge on any atom is -0.507 e. The standard InChI is InChI=1S/C32H33N3O5/c1-17-8-12-22-23(14-17)34-31(33-22)35-27(19-10-13-24(39-6)25(15-19)40-7)26(29(37)30(35)38)28(36)21-16-20(32(3,4)5)11-9-18(21)2/h8-16,27,36H,1-7H3,(H,33,34)/b28-26+. The van der Waals surface area contributed by atoms with Gasteiger partial charge in [-0.3, -0.25) is 14.5 Å². The van der Waals surface area contributed by atoms with E-state index in [9.17, 15) is 14.7 Å². The van der Waals surface area contributed by atoms with Crippen molar-refractivity contribution in [3.05, 3.63) is 88.0 Å². The van der Waals surface area contributed by atoms with Crippen LogP contribution in [0.5, 0.6) is 11.5 Å². The van der Waals surface area contributed by atoms with Crippen molar-refractivity contribution in [2.45, 2.75) is 46.1 Å². The number of hydrogen-bond acceptors (Lipinski definition) is 6. The zero-order valence-electron chi connectivity index (χ0n) is 23.7. The average molecular weight is 540 g/mol. The van der Waals surface area contributed by atoms with Crippen molar-refractivity contribution in [2.24, 2.45) is 0 Å². The summed E-state index contributed by atoms with van der Waals surface area (Å²) in [5.41, 5.74) is 5.02. The van der Waals surface area contributed by atoms with Gasteiger partial charge >= 0.3 is 5.91 Å². The molecule has 8 nitrogen and oxygen atoms in total. The fourth-order valence-corrected chi connectivity index (χ4v) is 5.10. The maximum atomic E-state index is 13.7. The maximum Gasteiger partial charge on any atom is 0.302 e. The molecular weight excluding hydrogens is 506 g/mol. The van der Waals surface area contributed by atoms with Crippen LogP contribution in [0.2, 0.25) is 0 Å². The molecule has 4 aromatic rings. The molecule has 0 radical (unpaired) electrons. The second-order valence-electron chi connectivity index (χ2n) is 11.1. The number of amides is 1. The summed E-state index contributed by atoms with van der Waals surface area (Å²) in [5.74, 6) is -0.693. The van der Waals surface area contributed by atoms with Crippen LogP contribution in [0.15, 0.2) is 60.2 Å². The second kappa shape index (κ2) is 9.86. The number of hydrogen-bond donors (Lipinski definition) is 2. The molecule has 206 valence electrons. The van der Waals surface area contributed by atoms with Crippen LogP contribution < -0.4 is 14.4 Å². The van der Waals surface area contributed by atoms with Crippen LogP contribution >= 0.6 is 0 Å². The SMILES string of the molecule is COc1ccc(C2/C(=C(\O)c3cc(C(C)(C)C)ccc3C)C(=O)C(=O)N2c2nc3ccc(C)cc3[nH]2)cc1OC. The normalized spacial score (nSPS) is 17.1. The summed E-state index contributed by atoms with van der Waals surface area (Å²) in [7, 11) is 3.05. The lowest BCUT2D eigenvalue weighted by atomic mass is 9.84. The molecule has 5 rings (SSSR count). The molecule has 1 amide bonds. The second-order valence-corrected chi connectivity index (χ2v) is 11.1. The van der Waals surface area contributed by atoms with E-state index < -0.39 is 17.7 Å². The summed E-state index contributed by atoms with van der Waals surface area (Å²) >= 11 is 0. The van der Waals surface area contributed by atoms with Crippen molar-refractivity contribution < 1.29 is 24.2 Å². The number of aliphatic hydroxyl groups is 1. The van der Waals surface area contributed by atoms with Gasteiger partial charge in [-0.25, -0.2) is 4.98 Å². The Bertz CT molecular complexity index is 1690. The number of aromatic amines is 1. The molecule has 0 saturated carbocycles. The van der Waals surface area contributed by atoms with Gasteiger partial charge in [0.1, 0.15) is 5.76 Å².